The molecule has 1 aromatic rings. The van der Waals surface area contributed by atoms with E-state index in [1.165, 1.54) is 0 Å². The summed E-state index contributed by atoms with van der Waals surface area (Å²) in [6.45, 7) is 2.28. The molecule has 8 nitrogen and oxygen atoms in total. The summed E-state index contributed by atoms with van der Waals surface area (Å²) in [5.74, 6) is -2.07. The molecule has 1 saturated heterocycles. The van der Waals surface area contributed by atoms with E-state index in [0.717, 1.165) is 12.3 Å². The zero-order chi connectivity index (χ0) is 25.3. The Morgan fingerprint density at radius 3 is 2.68 bits per heavy atom. The molecule has 3 rings (SSSR count). The topological polar surface area (TPSA) is 124 Å². The summed E-state index contributed by atoms with van der Waals surface area (Å²) in [6.07, 6.45) is 2.03. The highest BCUT2D eigenvalue weighted by molar-refractivity contribution is 7.91. The molecule has 1 amide bonds. The third-order valence-corrected chi connectivity index (χ3v) is 7.80. The van der Waals surface area contributed by atoms with Crippen LogP contribution in [-0.4, -0.2) is 54.7 Å². The van der Waals surface area contributed by atoms with Gasteiger partial charge in [-0.05, 0) is 45.6 Å². The molecule has 0 bridgehead atoms. The highest BCUT2D eigenvalue weighted by Crippen LogP contribution is 2.33. The van der Waals surface area contributed by atoms with Gasteiger partial charge < -0.3 is 15.8 Å². The monoisotopic (exact) mass is 502 g/mol. The molecule has 2 atom stereocenters. The van der Waals surface area contributed by atoms with Gasteiger partial charge in [0.05, 0.1) is 23.2 Å². The highest BCUT2D eigenvalue weighted by Gasteiger charge is 2.41. The Balaban J connectivity index is 1.86. The average Bonchev–Trinajstić information content (AvgIpc) is 3.00. The predicted molar refractivity (Wildman–Crippen MR) is 122 cm³/mol. The number of hydrogen-bond acceptors (Lipinski definition) is 7. The Kier molecular flexibility index (Phi) is 7.59. The van der Waals surface area contributed by atoms with Crippen molar-refractivity contribution < 1.29 is 31.1 Å². The number of amides is 1. The summed E-state index contributed by atoms with van der Waals surface area (Å²) in [4.78, 5) is 21.1. The van der Waals surface area contributed by atoms with Crippen LogP contribution in [0.3, 0.4) is 0 Å². The van der Waals surface area contributed by atoms with Gasteiger partial charge in [-0.1, -0.05) is 0 Å². The summed E-state index contributed by atoms with van der Waals surface area (Å²) in [6, 6.07) is 0.869. The second-order valence-electron chi connectivity index (χ2n) is 9.27. The lowest BCUT2D eigenvalue weighted by Crippen LogP contribution is -2.50. The zero-order valence-corrected chi connectivity index (χ0v) is 20.1. The number of pyridine rings is 1. The normalized spacial score (nSPS) is 27.3. The van der Waals surface area contributed by atoms with E-state index in [1.54, 1.807) is 6.92 Å². The van der Waals surface area contributed by atoms with E-state index in [-0.39, 0.29) is 41.1 Å². The maximum absolute atomic E-state index is 14.5. The lowest BCUT2D eigenvalue weighted by atomic mass is 9.81. The molecule has 1 saturated carbocycles. The van der Waals surface area contributed by atoms with Gasteiger partial charge in [0.2, 0.25) is 11.8 Å². The van der Waals surface area contributed by atoms with Crippen LogP contribution in [0.25, 0.3) is 5.70 Å². The quantitative estimate of drug-likeness (QED) is 0.617. The molecule has 0 aromatic carbocycles. The molecule has 188 valence electrons. The Labute approximate surface area is 196 Å². The van der Waals surface area contributed by atoms with Crippen molar-refractivity contribution in [1.82, 2.24) is 10.3 Å². The minimum atomic E-state index is -3.18. The second kappa shape index (κ2) is 9.93. The van der Waals surface area contributed by atoms with Gasteiger partial charge in [-0.3, -0.25) is 9.79 Å². The van der Waals surface area contributed by atoms with Crippen molar-refractivity contribution in [3.63, 3.8) is 0 Å². The third kappa shape index (κ3) is 6.28. The number of ether oxygens (including phenoxy) is 1. The van der Waals surface area contributed by atoms with Crippen LogP contribution in [0, 0.1) is 11.7 Å². The van der Waals surface area contributed by atoms with Crippen molar-refractivity contribution in [2.24, 2.45) is 16.6 Å². The first-order chi connectivity index (χ1) is 15.8. The van der Waals surface area contributed by atoms with E-state index in [4.69, 9.17) is 5.73 Å². The highest BCUT2D eigenvalue weighted by atomic mass is 32.2. The van der Waals surface area contributed by atoms with E-state index in [9.17, 15) is 26.4 Å². The maximum atomic E-state index is 14.5. The van der Waals surface area contributed by atoms with Crippen LogP contribution in [0.2, 0.25) is 0 Å². The van der Waals surface area contributed by atoms with Gasteiger partial charge in [-0.25, -0.2) is 17.8 Å². The fourth-order valence-corrected chi connectivity index (χ4v) is 6.42. The van der Waals surface area contributed by atoms with Gasteiger partial charge >= 0.3 is 6.61 Å². The van der Waals surface area contributed by atoms with Gasteiger partial charge in [-0.2, -0.15) is 8.78 Å². The number of nitrogens with two attached hydrogens (primary N) is 1. The summed E-state index contributed by atoms with van der Waals surface area (Å²) in [7, 11) is -3.18. The molecule has 3 N–H and O–H groups in total. The van der Waals surface area contributed by atoms with Crippen LogP contribution in [0.1, 0.15) is 52.0 Å². The number of rotatable bonds is 6. The largest absolute Gasteiger partial charge is 0.417 e. The minimum absolute atomic E-state index is 0.0196. The second-order valence-corrected chi connectivity index (χ2v) is 11.5. The summed E-state index contributed by atoms with van der Waals surface area (Å²) < 4.78 is 67.6. The molecule has 34 heavy (non-hydrogen) atoms. The summed E-state index contributed by atoms with van der Waals surface area (Å²) in [5, 5.41) is 2.89. The van der Waals surface area contributed by atoms with Crippen molar-refractivity contribution in [2.45, 2.75) is 64.6 Å². The Hall–Kier alpha value is -2.63. The van der Waals surface area contributed by atoms with Crippen molar-refractivity contribution in [1.29, 1.82) is 0 Å². The molecular weight excluding hydrogens is 473 g/mol. The SMILES string of the molecule is CC(C)N=C1C[C@H](C(=O)N[C@@]2(C)CCS(=O)(=O)C2)CC/C1=C(/N)c1cc(OC(F)F)ncc1F. The van der Waals surface area contributed by atoms with Crippen LogP contribution in [0.15, 0.2) is 22.8 Å². The Morgan fingerprint density at radius 2 is 2.09 bits per heavy atom. The average molecular weight is 503 g/mol. The fraction of sp³-hybridized carbons (Fsp3) is 0.591. The first kappa shape index (κ1) is 26.0. The summed E-state index contributed by atoms with van der Waals surface area (Å²) in [5.41, 5.74) is 6.38. The van der Waals surface area contributed by atoms with Gasteiger partial charge in [0.1, 0.15) is 0 Å². The zero-order valence-electron chi connectivity index (χ0n) is 19.3. The standard InChI is InChI=1S/C22H29F3N4O4S/c1-12(2)28-17-8-13(20(30)29-22(3)6-7-34(31,32)11-22)4-5-14(17)19(26)15-9-18(33-21(24)25)27-10-16(15)23/h9-10,12-13,21H,4-8,11,26H2,1-3H3,(H,29,30)/b19-14-,28-17?/t13-,22+/m1/s1. The number of alkyl halides is 2. The minimum Gasteiger partial charge on any atom is -0.417 e. The lowest BCUT2D eigenvalue weighted by molar-refractivity contribution is -0.126. The van der Waals surface area contributed by atoms with Crippen molar-refractivity contribution in [2.75, 3.05) is 11.5 Å². The van der Waals surface area contributed by atoms with E-state index >= 15 is 0 Å². The Bertz CT molecular complexity index is 1120. The van der Waals surface area contributed by atoms with E-state index in [1.807, 2.05) is 13.8 Å². The molecule has 0 radical (unpaired) electrons. The number of allylic oxidation sites excluding steroid dienone is 1. The van der Waals surface area contributed by atoms with Gasteiger partial charge in [0, 0.05) is 41.4 Å². The number of carbonyl (C=O) groups excluding carboxylic acids is 1. The molecule has 1 aliphatic carbocycles. The number of nitrogens with one attached hydrogen (secondary N) is 1. The van der Waals surface area contributed by atoms with Gasteiger partial charge in [-0.15, -0.1) is 0 Å². The maximum Gasteiger partial charge on any atom is 0.388 e. The molecule has 0 spiro atoms. The van der Waals surface area contributed by atoms with E-state index < -0.39 is 39.6 Å². The predicted octanol–water partition coefficient (Wildman–Crippen LogP) is 2.83. The van der Waals surface area contributed by atoms with Gasteiger partial charge in [0.25, 0.3) is 0 Å². The molecule has 2 fully saturated rings. The number of aromatic nitrogens is 1. The molecule has 2 aliphatic rings. The Morgan fingerprint density at radius 1 is 1.38 bits per heavy atom. The van der Waals surface area contributed by atoms with Crippen LogP contribution in [0.4, 0.5) is 13.2 Å². The molecule has 12 heteroatoms. The van der Waals surface area contributed by atoms with Crippen molar-refractivity contribution >= 4 is 27.2 Å². The van der Waals surface area contributed by atoms with Crippen LogP contribution < -0.4 is 15.8 Å². The first-order valence-corrected chi connectivity index (χ1v) is 12.8. The number of aliphatic imine (C=N–C) groups is 1. The van der Waals surface area contributed by atoms with Crippen LogP contribution in [-0.2, 0) is 14.6 Å². The van der Waals surface area contributed by atoms with E-state index in [2.05, 4.69) is 20.0 Å². The van der Waals surface area contributed by atoms with Crippen LogP contribution in [0.5, 0.6) is 5.88 Å². The van der Waals surface area contributed by atoms with Gasteiger partial charge in [0.15, 0.2) is 15.7 Å². The number of carbonyl (C=O) groups is 1. The smallest absolute Gasteiger partial charge is 0.388 e. The van der Waals surface area contributed by atoms with Crippen molar-refractivity contribution in [3.8, 4) is 5.88 Å². The summed E-state index contributed by atoms with van der Waals surface area (Å²) >= 11 is 0. The molecular formula is C22H29F3N4O4S. The number of sulfone groups is 1. The number of halogens is 3. The molecule has 1 aliphatic heterocycles. The number of hydrogen-bond donors (Lipinski definition) is 2. The molecule has 1 aromatic heterocycles. The number of nitrogens with zero attached hydrogens (tertiary/aromatic N) is 2. The lowest BCUT2D eigenvalue weighted by Gasteiger charge is -2.31. The van der Waals surface area contributed by atoms with Crippen LogP contribution >= 0.6 is 0 Å². The van der Waals surface area contributed by atoms with Crippen molar-refractivity contribution in [3.05, 3.63) is 29.2 Å². The van der Waals surface area contributed by atoms with E-state index in [0.29, 0.717) is 30.5 Å². The third-order valence-electron chi connectivity index (χ3n) is 5.90. The first-order valence-electron chi connectivity index (χ1n) is 11.0. The fourth-order valence-electron chi connectivity index (χ4n) is 4.33. The molecule has 0 unspecified atom stereocenters. The molecule has 2 heterocycles.